The van der Waals surface area contributed by atoms with Gasteiger partial charge in [-0.2, -0.15) is 5.10 Å². The van der Waals surface area contributed by atoms with Crippen molar-refractivity contribution in [1.29, 1.82) is 0 Å². The third-order valence-electron chi connectivity index (χ3n) is 3.49. The molecule has 1 aromatic carbocycles. The molecule has 0 atom stereocenters. The molecule has 4 rings (SSSR count). The van der Waals surface area contributed by atoms with E-state index in [2.05, 4.69) is 31.4 Å². The number of anilines is 1. The minimum absolute atomic E-state index is 0.413. The lowest BCUT2D eigenvalue weighted by atomic mass is 10.00. The van der Waals surface area contributed by atoms with E-state index in [0.717, 1.165) is 33.3 Å². The van der Waals surface area contributed by atoms with Gasteiger partial charge in [0.15, 0.2) is 0 Å². The summed E-state index contributed by atoms with van der Waals surface area (Å²) in [4.78, 5) is 3.27. The summed E-state index contributed by atoms with van der Waals surface area (Å²) in [5.41, 5.74) is 10.6. The van der Waals surface area contributed by atoms with Crippen molar-refractivity contribution in [2.75, 3.05) is 5.73 Å². The van der Waals surface area contributed by atoms with Gasteiger partial charge in [0.25, 0.3) is 0 Å². The minimum Gasteiger partial charge on any atom is -0.382 e. The maximum absolute atomic E-state index is 5.59. The van der Waals surface area contributed by atoms with Crippen molar-refractivity contribution in [3.8, 4) is 22.4 Å². The van der Waals surface area contributed by atoms with Crippen molar-refractivity contribution in [2.45, 2.75) is 0 Å². The summed E-state index contributed by atoms with van der Waals surface area (Å²) in [6, 6.07) is 9.76. The van der Waals surface area contributed by atoms with E-state index in [1.165, 1.54) is 0 Å². The first-order valence-corrected chi connectivity index (χ1v) is 6.52. The molecule has 0 saturated carbocycles. The molecule has 0 amide bonds. The maximum Gasteiger partial charge on any atom is 0.146 e. The zero-order chi connectivity index (χ0) is 14.2. The van der Waals surface area contributed by atoms with Crippen molar-refractivity contribution in [3.05, 3.63) is 48.9 Å². The molecule has 3 heterocycles. The number of aromatic amines is 2. The first-order chi connectivity index (χ1) is 10.3. The first-order valence-electron chi connectivity index (χ1n) is 6.52. The smallest absolute Gasteiger partial charge is 0.146 e. The van der Waals surface area contributed by atoms with E-state index in [9.17, 15) is 0 Å². The monoisotopic (exact) mass is 276 g/mol. The van der Waals surface area contributed by atoms with Gasteiger partial charge in [-0.05, 0) is 29.8 Å². The van der Waals surface area contributed by atoms with Gasteiger partial charge in [-0.15, -0.1) is 10.2 Å². The van der Waals surface area contributed by atoms with Crippen LogP contribution in [0.25, 0.3) is 33.3 Å². The molecular weight excluding hydrogens is 264 g/mol. The summed E-state index contributed by atoms with van der Waals surface area (Å²) in [7, 11) is 0. The number of hydrogen-bond acceptors (Lipinski definition) is 4. The molecule has 4 aromatic rings. The van der Waals surface area contributed by atoms with Gasteiger partial charge in [-0.3, -0.25) is 5.10 Å². The fraction of sp³-hybridized carbons (Fsp3) is 0. The third kappa shape index (κ3) is 1.85. The second-order valence-electron chi connectivity index (χ2n) is 4.76. The van der Waals surface area contributed by atoms with Crippen molar-refractivity contribution in [1.82, 2.24) is 25.4 Å². The third-order valence-corrected chi connectivity index (χ3v) is 3.49. The maximum atomic E-state index is 5.59. The van der Waals surface area contributed by atoms with Gasteiger partial charge in [0, 0.05) is 28.9 Å². The zero-order valence-corrected chi connectivity index (χ0v) is 11.0. The highest BCUT2D eigenvalue weighted by atomic mass is 15.1. The molecule has 0 unspecified atom stereocenters. The van der Waals surface area contributed by atoms with E-state index < -0.39 is 0 Å². The van der Waals surface area contributed by atoms with Gasteiger partial charge in [-0.1, -0.05) is 6.07 Å². The fourth-order valence-electron chi connectivity index (χ4n) is 2.51. The average Bonchev–Trinajstić information content (AvgIpc) is 3.19. The fourth-order valence-corrected chi connectivity index (χ4v) is 2.51. The molecule has 0 fully saturated rings. The molecule has 0 bridgehead atoms. The number of nitrogens with one attached hydrogen (secondary N) is 2. The molecule has 0 radical (unpaired) electrons. The van der Waals surface area contributed by atoms with Crippen LogP contribution in [0, 0.1) is 0 Å². The van der Waals surface area contributed by atoms with Crippen LogP contribution in [0.4, 0.5) is 5.82 Å². The molecule has 21 heavy (non-hydrogen) atoms. The van der Waals surface area contributed by atoms with Gasteiger partial charge < -0.3 is 10.7 Å². The van der Waals surface area contributed by atoms with Crippen LogP contribution in [0.15, 0.2) is 48.9 Å². The Morgan fingerprint density at radius 3 is 2.62 bits per heavy atom. The number of aromatic nitrogens is 5. The highest BCUT2D eigenvalue weighted by molar-refractivity contribution is 6.02. The van der Waals surface area contributed by atoms with E-state index >= 15 is 0 Å². The number of nitrogen functional groups attached to an aromatic ring is 1. The van der Waals surface area contributed by atoms with Crippen LogP contribution in [0.1, 0.15) is 0 Å². The number of nitrogens with zero attached hydrogens (tertiary/aromatic N) is 3. The van der Waals surface area contributed by atoms with Crippen LogP contribution in [0.3, 0.4) is 0 Å². The SMILES string of the molecule is Nc1ccc(-c2ccc(-c3cn[nH]c3)c3cc[nH]c23)nn1. The Bertz CT molecular complexity index is 890. The average molecular weight is 276 g/mol. The number of nitrogens with two attached hydrogens (primary N) is 1. The predicted octanol–water partition coefficient (Wildman–Crippen LogP) is 2.60. The number of benzene rings is 1. The molecule has 3 aromatic heterocycles. The Balaban J connectivity index is 1.95. The Hall–Kier alpha value is -3.15. The normalized spacial score (nSPS) is 11.0. The van der Waals surface area contributed by atoms with Gasteiger partial charge in [0.05, 0.1) is 17.4 Å². The summed E-state index contributed by atoms with van der Waals surface area (Å²) in [5.74, 6) is 0.413. The van der Waals surface area contributed by atoms with Gasteiger partial charge in [0.1, 0.15) is 5.82 Å². The Kier molecular flexibility index (Phi) is 2.47. The van der Waals surface area contributed by atoms with E-state index in [4.69, 9.17) is 5.73 Å². The summed E-state index contributed by atoms with van der Waals surface area (Å²) < 4.78 is 0. The topological polar surface area (TPSA) is 96.3 Å². The minimum atomic E-state index is 0.413. The highest BCUT2D eigenvalue weighted by Crippen LogP contribution is 2.33. The van der Waals surface area contributed by atoms with Crippen molar-refractivity contribution >= 4 is 16.7 Å². The Morgan fingerprint density at radius 1 is 0.952 bits per heavy atom. The molecule has 6 heteroatoms. The first kappa shape index (κ1) is 11.7. The summed E-state index contributed by atoms with van der Waals surface area (Å²) in [6.07, 6.45) is 5.61. The van der Waals surface area contributed by atoms with Crippen LogP contribution in [0.5, 0.6) is 0 Å². The molecular formula is C15H12N6. The molecule has 102 valence electrons. The summed E-state index contributed by atoms with van der Waals surface area (Å²) in [5, 5.41) is 16.0. The molecule has 0 aliphatic rings. The van der Waals surface area contributed by atoms with Crippen LogP contribution in [-0.4, -0.2) is 25.4 Å². The number of rotatable bonds is 2. The number of H-pyrrole nitrogens is 2. The quantitative estimate of drug-likeness (QED) is 0.524. The van der Waals surface area contributed by atoms with E-state index in [0.29, 0.717) is 5.82 Å². The van der Waals surface area contributed by atoms with Crippen molar-refractivity contribution in [3.63, 3.8) is 0 Å². The second-order valence-corrected chi connectivity index (χ2v) is 4.76. The van der Waals surface area contributed by atoms with Crippen LogP contribution in [-0.2, 0) is 0 Å². The van der Waals surface area contributed by atoms with Crippen LogP contribution in [0.2, 0.25) is 0 Å². The van der Waals surface area contributed by atoms with Crippen LogP contribution >= 0.6 is 0 Å². The van der Waals surface area contributed by atoms with E-state index in [1.807, 2.05) is 36.8 Å². The number of hydrogen-bond donors (Lipinski definition) is 3. The van der Waals surface area contributed by atoms with Gasteiger partial charge in [-0.25, -0.2) is 0 Å². The van der Waals surface area contributed by atoms with Gasteiger partial charge >= 0.3 is 0 Å². The largest absolute Gasteiger partial charge is 0.382 e. The standard InChI is InChI=1S/C15H12N6/c16-14-4-3-13(20-21-14)12-2-1-10(9-7-18-19-8-9)11-5-6-17-15(11)12/h1-8,17H,(H2,16,21)(H,18,19). The summed E-state index contributed by atoms with van der Waals surface area (Å²) in [6.45, 7) is 0. The highest BCUT2D eigenvalue weighted by Gasteiger charge is 2.12. The molecule has 0 aliphatic heterocycles. The Labute approximate surface area is 120 Å². The molecule has 4 N–H and O–H groups in total. The lowest BCUT2D eigenvalue weighted by molar-refractivity contribution is 1.05. The van der Waals surface area contributed by atoms with Crippen molar-refractivity contribution < 1.29 is 0 Å². The van der Waals surface area contributed by atoms with Crippen LogP contribution < -0.4 is 5.73 Å². The lowest BCUT2D eigenvalue weighted by Crippen LogP contribution is -1.94. The zero-order valence-electron chi connectivity index (χ0n) is 11.0. The second kappa shape index (κ2) is 4.45. The lowest BCUT2D eigenvalue weighted by Gasteiger charge is -2.06. The van der Waals surface area contributed by atoms with Gasteiger partial charge in [0.2, 0.25) is 0 Å². The molecule has 0 aliphatic carbocycles. The molecule has 0 spiro atoms. The summed E-state index contributed by atoms with van der Waals surface area (Å²) >= 11 is 0. The van der Waals surface area contributed by atoms with E-state index in [1.54, 1.807) is 6.07 Å². The van der Waals surface area contributed by atoms with E-state index in [-0.39, 0.29) is 0 Å². The predicted molar refractivity (Wildman–Crippen MR) is 81.3 cm³/mol. The number of fused-ring (bicyclic) bond motifs is 1. The molecule has 6 nitrogen and oxygen atoms in total. The Morgan fingerprint density at radius 2 is 1.86 bits per heavy atom. The van der Waals surface area contributed by atoms with Crippen molar-refractivity contribution in [2.24, 2.45) is 0 Å². The molecule has 0 saturated heterocycles.